The Morgan fingerprint density at radius 1 is 0.905 bits per heavy atom. The number of hydrogen-bond acceptors (Lipinski definition) is 1. The Labute approximate surface area is 122 Å². The fourth-order valence-corrected chi connectivity index (χ4v) is 2.35. The zero-order chi connectivity index (χ0) is 15.3. The molecule has 0 aliphatic carbocycles. The first-order chi connectivity index (χ1) is 10.0. The van der Waals surface area contributed by atoms with Crippen molar-refractivity contribution in [1.82, 2.24) is 5.32 Å². The van der Waals surface area contributed by atoms with Crippen LogP contribution in [-0.2, 0) is 13.0 Å². The Morgan fingerprint density at radius 3 is 2.05 bits per heavy atom. The molecule has 2 rings (SSSR count). The van der Waals surface area contributed by atoms with Gasteiger partial charge >= 0.3 is 6.18 Å². The van der Waals surface area contributed by atoms with Crippen LogP contribution in [0.25, 0.3) is 0 Å². The minimum absolute atomic E-state index is 0.198. The molecule has 1 unspecified atom stereocenters. The van der Waals surface area contributed by atoms with Crippen LogP contribution in [0.1, 0.15) is 29.7 Å². The van der Waals surface area contributed by atoms with E-state index in [1.54, 1.807) is 18.2 Å². The summed E-state index contributed by atoms with van der Waals surface area (Å²) in [6, 6.07) is 13.9. The highest BCUT2D eigenvalue weighted by atomic mass is 19.4. The molecule has 0 spiro atoms. The molecule has 0 saturated heterocycles. The second-order valence-corrected chi connectivity index (χ2v) is 4.89. The normalized spacial score (nSPS) is 13.1. The van der Waals surface area contributed by atoms with Crippen molar-refractivity contribution in [2.45, 2.75) is 32.1 Å². The molecule has 1 nitrogen and oxygen atoms in total. The van der Waals surface area contributed by atoms with E-state index >= 15 is 0 Å². The third-order valence-corrected chi connectivity index (χ3v) is 3.46. The molecule has 0 fully saturated rings. The van der Waals surface area contributed by atoms with Gasteiger partial charge in [0.1, 0.15) is 6.04 Å². The maximum absolute atomic E-state index is 13.2. The average molecular weight is 293 g/mol. The van der Waals surface area contributed by atoms with Gasteiger partial charge < -0.3 is 0 Å². The predicted molar refractivity (Wildman–Crippen MR) is 77.9 cm³/mol. The van der Waals surface area contributed by atoms with Crippen LogP contribution in [0.15, 0.2) is 54.6 Å². The minimum Gasteiger partial charge on any atom is -0.298 e. The third kappa shape index (κ3) is 4.08. The summed E-state index contributed by atoms with van der Waals surface area (Å²) < 4.78 is 39.7. The van der Waals surface area contributed by atoms with Crippen molar-refractivity contribution in [2.24, 2.45) is 0 Å². The van der Waals surface area contributed by atoms with E-state index in [1.807, 2.05) is 31.2 Å². The highest BCUT2D eigenvalue weighted by Crippen LogP contribution is 2.32. The van der Waals surface area contributed by atoms with E-state index in [0.717, 1.165) is 17.5 Å². The lowest BCUT2D eigenvalue weighted by Crippen LogP contribution is -2.34. The molecule has 4 heteroatoms. The summed E-state index contributed by atoms with van der Waals surface area (Å²) in [7, 11) is 0. The number of halogens is 3. The molecule has 1 N–H and O–H groups in total. The molecular weight excluding hydrogens is 275 g/mol. The first-order valence-electron chi connectivity index (χ1n) is 6.94. The van der Waals surface area contributed by atoms with Crippen LogP contribution in [0.2, 0.25) is 0 Å². The first-order valence-corrected chi connectivity index (χ1v) is 6.94. The van der Waals surface area contributed by atoms with Crippen LogP contribution in [0.5, 0.6) is 0 Å². The summed E-state index contributed by atoms with van der Waals surface area (Å²) in [6.07, 6.45) is -3.51. The maximum Gasteiger partial charge on any atom is 0.407 e. The highest BCUT2D eigenvalue weighted by molar-refractivity contribution is 5.27. The van der Waals surface area contributed by atoms with E-state index < -0.39 is 12.2 Å². The second kappa shape index (κ2) is 6.76. The molecule has 0 heterocycles. The van der Waals surface area contributed by atoms with Crippen molar-refractivity contribution in [1.29, 1.82) is 0 Å². The predicted octanol–water partition coefficient (Wildman–Crippen LogP) is 4.64. The van der Waals surface area contributed by atoms with E-state index in [0.29, 0.717) is 0 Å². The third-order valence-electron chi connectivity index (χ3n) is 3.46. The van der Waals surface area contributed by atoms with Crippen LogP contribution in [0.4, 0.5) is 13.2 Å². The molecule has 0 saturated carbocycles. The topological polar surface area (TPSA) is 12.0 Å². The van der Waals surface area contributed by atoms with Crippen molar-refractivity contribution >= 4 is 0 Å². The lowest BCUT2D eigenvalue weighted by molar-refractivity contribution is -0.158. The lowest BCUT2D eigenvalue weighted by Gasteiger charge is -2.22. The molecule has 0 aliphatic rings. The number of benzene rings is 2. The fourth-order valence-electron chi connectivity index (χ4n) is 2.35. The number of hydrogen-bond donors (Lipinski definition) is 1. The van der Waals surface area contributed by atoms with Crippen molar-refractivity contribution in [3.63, 3.8) is 0 Å². The molecule has 112 valence electrons. The number of aryl methyl sites for hydroxylation is 1. The van der Waals surface area contributed by atoms with Crippen LogP contribution in [0, 0.1) is 0 Å². The Hall–Kier alpha value is -1.81. The van der Waals surface area contributed by atoms with E-state index in [1.165, 1.54) is 12.1 Å². The Balaban J connectivity index is 2.17. The van der Waals surface area contributed by atoms with Crippen molar-refractivity contribution in [3.05, 3.63) is 71.3 Å². The highest BCUT2D eigenvalue weighted by Gasteiger charge is 2.40. The Morgan fingerprint density at radius 2 is 1.48 bits per heavy atom. The van der Waals surface area contributed by atoms with Gasteiger partial charge in [-0.3, -0.25) is 5.32 Å². The van der Waals surface area contributed by atoms with E-state index in [-0.39, 0.29) is 12.1 Å². The molecule has 2 aromatic rings. The van der Waals surface area contributed by atoms with Crippen molar-refractivity contribution < 1.29 is 13.2 Å². The van der Waals surface area contributed by atoms with Gasteiger partial charge in [0.15, 0.2) is 0 Å². The summed E-state index contributed by atoms with van der Waals surface area (Å²) in [5.41, 5.74) is 2.21. The fraction of sp³-hybridized carbons (Fsp3) is 0.294. The van der Waals surface area contributed by atoms with Gasteiger partial charge in [-0.2, -0.15) is 13.2 Å². The zero-order valence-corrected chi connectivity index (χ0v) is 11.8. The van der Waals surface area contributed by atoms with Gasteiger partial charge in [-0.25, -0.2) is 0 Å². The monoisotopic (exact) mass is 293 g/mol. The van der Waals surface area contributed by atoms with Crippen LogP contribution < -0.4 is 5.32 Å². The van der Waals surface area contributed by atoms with E-state index in [4.69, 9.17) is 0 Å². The van der Waals surface area contributed by atoms with Gasteiger partial charge in [0, 0.05) is 6.54 Å². The SMILES string of the molecule is CCc1ccccc1CNC(c1ccccc1)C(F)(F)F. The van der Waals surface area contributed by atoms with Gasteiger partial charge in [-0.15, -0.1) is 0 Å². The van der Waals surface area contributed by atoms with Crippen LogP contribution in [-0.4, -0.2) is 6.18 Å². The van der Waals surface area contributed by atoms with E-state index in [9.17, 15) is 13.2 Å². The van der Waals surface area contributed by atoms with Gasteiger partial charge in [-0.1, -0.05) is 61.5 Å². The summed E-state index contributed by atoms with van der Waals surface area (Å²) in [4.78, 5) is 0. The molecule has 0 amide bonds. The molecule has 0 aromatic heterocycles. The average Bonchev–Trinajstić information content (AvgIpc) is 2.47. The second-order valence-electron chi connectivity index (χ2n) is 4.89. The molecule has 2 aromatic carbocycles. The molecule has 0 bridgehead atoms. The molecule has 0 aliphatic heterocycles. The van der Waals surface area contributed by atoms with E-state index in [2.05, 4.69) is 5.32 Å². The smallest absolute Gasteiger partial charge is 0.298 e. The summed E-state index contributed by atoms with van der Waals surface area (Å²) >= 11 is 0. The van der Waals surface area contributed by atoms with Crippen molar-refractivity contribution in [2.75, 3.05) is 0 Å². The minimum atomic E-state index is -4.32. The quantitative estimate of drug-likeness (QED) is 0.846. The van der Waals surface area contributed by atoms with Crippen LogP contribution >= 0.6 is 0 Å². The first kappa shape index (κ1) is 15.6. The van der Waals surface area contributed by atoms with Gasteiger partial charge in [-0.05, 0) is 23.1 Å². The van der Waals surface area contributed by atoms with Crippen LogP contribution in [0.3, 0.4) is 0 Å². The Kier molecular flexibility index (Phi) is 5.02. The molecule has 21 heavy (non-hydrogen) atoms. The largest absolute Gasteiger partial charge is 0.407 e. The number of alkyl halides is 3. The van der Waals surface area contributed by atoms with Gasteiger partial charge in [0.05, 0.1) is 0 Å². The van der Waals surface area contributed by atoms with Crippen molar-refractivity contribution in [3.8, 4) is 0 Å². The number of rotatable bonds is 5. The lowest BCUT2D eigenvalue weighted by atomic mass is 10.0. The summed E-state index contributed by atoms with van der Waals surface area (Å²) in [6.45, 7) is 2.19. The Bertz CT molecular complexity index is 564. The summed E-state index contributed by atoms with van der Waals surface area (Å²) in [5, 5.41) is 2.64. The zero-order valence-electron chi connectivity index (χ0n) is 11.8. The molecule has 1 atom stereocenters. The van der Waals surface area contributed by atoms with Gasteiger partial charge in [0.25, 0.3) is 0 Å². The summed E-state index contributed by atoms with van der Waals surface area (Å²) in [5.74, 6) is 0. The van der Waals surface area contributed by atoms with Gasteiger partial charge in [0.2, 0.25) is 0 Å². The number of nitrogens with one attached hydrogen (secondary N) is 1. The standard InChI is InChI=1S/C17H18F3N/c1-2-13-8-6-7-11-15(13)12-21-16(17(18,19)20)14-9-4-3-5-10-14/h3-11,16,21H,2,12H2,1H3. The molecular formula is C17H18F3N. The molecule has 0 radical (unpaired) electrons. The maximum atomic E-state index is 13.2.